The zero-order chi connectivity index (χ0) is 20.4. The molecule has 0 radical (unpaired) electrons. The zero-order valence-corrected chi connectivity index (χ0v) is 16.2. The second-order valence-electron chi connectivity index (χ2n) is 6.43. The topological polar surface area (TPSA) is 101 Å². The summed E-state index contributed by atoms with van der Waals surface area (Å²) in [5, 5.41) is 8.23. The number of rotatable bonds is 5. The van der Waals surface area contributed by atoms with E-state index >= 15 is 0 Å². The quantitative estimate of drug-likeness (QED) is 0.517. The van der Waals surface area contributed by atoms with Gasteiger partial charge in [0.05, 0.1) is 4.90 Å². The Bertz CT molecular complexity index is 1290. The third-order valence-corrected chi connectivity index (χ3v) is 5.69. The van der Waals surface area contributed by atoms with Crippen LogP contribution >= 0.6 is 0 Å². The predicted molar refractivity (Wildman–Crippen MR) is 110 cm³/mol. The van der Waals surface area contributed by atoms with E-state index in [1.165, 1.54) is 30.3 Å². The number of aromatic nitrogens is 1. The van der Waals surface area contributed by atoms with Crippen LogP contribution in [0.2, 0.25) is 0 Å². The van der Waals surface area contributed by atoms with Crippen LogP contribution in [0.15, 0.2) is 82.2 Å². The monoisotopic (exact) mass is 407 g/mol. The Hall–Kier alpha value is -3.65. The van der Waals surface area contributed by atoms with Crippen molar-refractivity contribution in [2.45, 2.75) is 11.8 Å². The number of amides is 1. The molecule has 146 valence electrons. The Morgan fingerprint density at radius 3 is 2.41 bits per heavy atom. The molecule has 0 saturated heterocycles. The van der Waals surface area contributed by atoms with Crippen LogP contribution in [0.5, 0.6) is 0 Å². The van der Waals surface area contributed by atoms with Gasteiger partial charge in [-0.15, -0.1) is 0 Å². The van der Waals surface area contributed by atoms with Crippen LogP contribution in [-0.4, -0.2) is 19.5 Å². The van der Waals surface area contributed by atoms with E-state index in [1.807, 2.05) is 36.4 Å². The summed E-state index contributed by atoms with van der Waals surface area (Å²) in [5.41, 5.74) is 1.03. The maximum atomic E-state index is 12.7. The molecule has 0 aliphatic rings. The Balaban J connectivity index is 1.52. The lowest BCUT2D eigenvalue weighted by molar-refractivity contribution is 0.102. The number of nitrogens with one attached hydrogen (secondary N) is 2. The Labute approximate surface area is 167 Å². The fourth-order valence-corrected chi connectivity index (χ4v) is 3.93. The minimum absolute atomic E-state index is 0.0429. The van der Waals surface area contributed by atoms with Gasteiger partial charge in [0, 0.05) is 17.3 Å². The molecule has 1 aromatic heterocycles. The van der Waals surface area contributed by atoms with Gasteiger partial charge in [-0.3, -0.25) is 9.52 Å². The average Bonchev–Trinajstić information content (AvgIpc) is 3.11. The van der Waals surface area contributed by atoms with Crippen LogP contribution in [-0.2, 0) is 10.0 Å². The summed E-state index contributed by atoms with van der Waals surface area (Å²) in [4.78, 5) is 12.7. The molecule has 0 aliphatic carbocycles. The molecule has 0 spiro atoms. The molecule has 29 heavy (non-hydrogen) atoms. The SMILES string of the molecule is Cc1cc(NS(=O)(=O)c2ccc(NC(=O)c3cccc4ccccc34)cc2)no1. The van der Waals surface area contributed by atoms with E-state index in [9.17, 15) is 13.2 Å². The van der Waals surface area contributed by atoms with E-state index in [4.69, 9.17) is 4.52 Å². The number of hydrogen-bond acceptors (Lipinski definition) is 5. The van der Waals surface area contributed by atoms with Crippen molar-refractivity contribution in [3.8, 4) is 0 Å². The van der Waals surface area contributed by atoms with Crippen LogP contribution in [0.3, 0.4) is 0 Å². The van der Waals surface area contributed by atoms with Crippen LogP contribution < -0.4 is 10.0 Å². The third-order valence-electron chi connectivity index (χ3n) is 4.32. The van der Waals surface area contributed by atoms with Crippen molar-refractivity contribution in [3.05, 3.63) is 84.1 Å². The van der Waals surface area contributed by atoms with Crippen molar-refractivity contribution >= 4 is 38.2 Å². The summed E-state index contributed by atoms with van der Waals surface area (Å²) < 4.78 is 32.1. The number of sulfonamides is 1. The fourth-order valence-electron chi connectivity index (χ4n) is 2.95. The maximum absolute atomic E-state index is 12.7. The first-order valence-electron chi connectivity index (χ1n) is 8.78. The molecule has 1 amide bonds. The Morgan fingerprint density at radius 1 is 0.966 bits per heavy atom. The average molecular weight is 407 g/mol. The largest absolute Gasteiger partial charge is 0.360 e. The number of hydrogen-bond donors (Lipinski definition) is 2. The van der Waals surface area contributed by atoms with Crippen LogP contribution in [0.1, 0.15) is 16.1 Å². The fraction of sp³-hybridized carbons (Fsp3) is 0.0476. The highest BCUT2D eigenvalue weighted by Gasteiger charge is 2.17. The molecule has 2 N–H and O–H groups in total. The van der Waals surface area contributed by atoms with Crippen molar-refractivity contribution in [3.63, 3.8) is 0 Å². The lowest BCUT2D eigenvalue weighted by Gasteiger charge is -2.09. The van der Waals surface area contributed by atoms with E-state index in [-0.39, 0.29) is 16.6 Å². The van der Waals surface area contributed by atoms with E-state index in [2.05, 4.69) is 15.2 Å². The molecule has 8 heteroatoms. The normalized spacial score (nSPS) is 11.3. The molecule has 3 aromatic carbocycles. The Kier molecular flexibility index (Phi) is 4.77. The first-order chi connectivity index (χ1) is 13.9. The van der Waals surface area contributed by atoms with Crippen LogP contribution in [0.4, 0.5) is 11.5 Å². The van der Waals surface area contributed by atoms with Gasteiger partial charge < -0.3 is 9.84 Å². The summed E-state index contributed by atoms with van der Waals surface area (Å²) in [6, 6.07) is 20.5. The van der Waals surface area contributed by atoms with Crippen molar-refractivity contribution in [2.75, 3.05) is 10.0 Å². The number of carbonyl (C=O) groups excluding carboxylic acids is 1. The molecule has 1 heterocycles. The molecular weight excluding hydrogens is 390 g/mol. The molecule has 0 saturated carbocycles. The van der Waals surface area contributed by atoms with Gasteiger partial charge in [-0.25, -0.2) is 8.42 Å². The molecule has 7 nitrogen and oxygen atoms in total. The maximum Gasteiger partial charge on any atom is 0.263 e. The van der Waals surface area contributed by atoms with Gasteiger partial charge in [-0.05, 0) is 48.0 Å². The van der Waals surface area contributed by atoms with Crippen molar-refractivity contribution in [1.82, 2.24) is 5.16 Å². The smallest absolute Gasteiger partial charge is 0.263 e. The lowest BCUT2D eigenvalue weighted by atomic mass is 10.0. The summed E-state index contributed by atoms with van der Waals surface area (Å²) >= 11 is 0. The van der Waals surface area contributed by atoms with Gasteiger partial charge >= 0.3 is 0 Å². The molecule has 0 unspecified atom stereocenters. The van der Waals surface area contributed by atoms with Gasteiger partial charge in [0.15, 0.2) is 5.82 Å². The van der Waals surface area contributed by atoms with Gasteiger partial charge in [0.2, 0.25) is 0 Å². The molecule has 0 aliphatic heterocycles. The van der Waals surface area contributed by atoms with Crippen molar-refractivity contribution < 1.29 is 17.7 Å². The highest BCUT2D eigenvalue weighted by molar-refractivity contribution is 7.92. The Morgan fingerprint density at radius 2 is 1.69 bits per heavy atom. The predicted octanol–water partition coefficient (Wildman–Crippen LogP) is 4.19. The van der Waals surface area contributed by atoms with Crippen molar-refractivity contribution in [2.24, 2.45) is 0 Å². The van der Waals surface area contributed by atoms with Gasteiger partial charge in [-0.2, -0.15) is 0 Å². The summed E-state index contributed by atoms with van der Waals surface area (Å²) in [6.45, 7) is 1.66. The lowest BCUT2D eigenvalue weighted by Crippen LogP contribution is -2.14. The summed E-state index contributed by atoms with van der Waals surface area (Å²) in [7, 11) is -3.81. The molecule has 0 fully saturated rings. The molecular formula is C21H17N3O4S. The minimum Gasteiger partial charge on any atom is -0.360 e. The highest BCUT2D eigenvalue weighted by atomic mass is 32.2. The van der Waals surface area contributed by atoms with E-state index in [0.717, 1.165) is 10.8 Å². The third kappa shape index (κ3) is 3.97. The summed E-state index contributed by atoms with van der Waals surface area (Å²) in [5.74, 6) is 0.332. The van der Waals surface area contributed by atoms with Gasteiger partial charge in [0.25, 0.3) is 15.9 Å². The molecule has 0 bridgehead atoms. The first-order valence-corrected chi connectivity index (χ1v) is 10.3. The van der Waals surface area contributed by atoms with E-state index < -0.39 is 10.0 Å². The highest BCUT2D eigenvalue weighted by Crippen LogP contribution is 2.21. The van der Waals surface area contributed by atoms with Gasteiger partial charge in [-0.1, -0.05) is 41.6 Å². The molecule has 4 aromatic rings. The number of benzene rings is 3. The zero-order valence-electron chi connectivity index (χ0n) is 15.4. The second kappa shape index (κ2) is 7.40. The van der Waals surface area contributed by atoms with Crippen LogP contribution in [0, 0.1) is 6.92 Å². The number of aryl methyl sites for hydroxylation is 1. The number of anilines is 2. The number of fused-ring (bicyclic) bond motifs is 1. The summed E-state index contributed by atoms with van der Waals surface area (Å²) in [6.07, 6.45) is 0. The number of nitrogens with zero attached hydrogens (tertiary/aromatic N) is 1. The van der Waals surface area contributed by atoms with Crippen LogP contribution in [0.25, 0.3) is 10.8 Å². The standard InChI is InChI=1S/C21H17N3O4S/c1-14-13-20(23-28-14)24-29(26,27)17-11-9-16(10-12-17)22-21(25)19-8-4-6-15-5-2-3-7-18(15)19/h2-13H,1H3,(H,22,25)(H,23,24). The van der Waals surface area contributed by atoms with E-state index in [1.54, 1.807) is 13.0 Å². The molecule has 0 atom stereocenters. The molecule has 4 rings (SSSR count). The van der Waals surface area contributed by atoms with E-state index in [0.29, 0.717) is 17.0 Å². The minimum atomic E-state index is -3.81. The van der Waals surface area contributed by atoms with Gasteiger partial charge in [0.1, 0.15) is 5.76 Å². The number of carbonyl (C=O) groups is 1. The second-order valence-corrected chi connectivity index (χ2v) is 8.12. The first kappa shape index (κ1) is 18.7. The van der Waals surface area contributed by atoms with Crippen molar-refractivity contribution in [1.29, 1.82) is 0 Å².